The Balaban J connectivity index is 2.12. The van der Waals surface area contributed by atoms with Gasteiger partial charge < -0.3 is 15.5 Å². The van der Waals surface area contributed by atoms with E-state index in [0.29, 0.717) is 19.4 Å². The lowest BCUT2D eigenvalue weighted by Gasteiger charge is -2.36. The number of amides is 1. The number of hydrogen-bond donors (Lipinski definition) is 3. The topological polar surface area (TPSA) is 86.6 Å². The number of Topliss-reactive ketones (excluding diaryl/α,β-unsaturated/α-hetero) is 1. The van der Waals surface area contributed by atoms with Crippen molar-refractivity contribution in [2.24, 2.45) is 5.41 Å². The Morgan fingerprint density at radius 1 is 1.24 bits per heavy atom. The first kappa shape index (κ1) is 14.2. The molecule has 0 unspecified atom stereocenters. The summed E-state index contributed by atoms with van der Waals surface area (Å²) in [4.78, 5) is 25.2. The summed E-state index contributed by atoms with van der Waals surface area (Å²) in [6.45, 7) is -0.100. The molecule has 1 aliphatic carbocycles. The third-order valence-corrected chi connectivity index (χ3v) is 4.87. The number of hydrogen-bond acceptors (Lipinski definition) is 4. The molecule has 0 radical (unpaired) electrons. The molecule has 3 rings (SSSR count). The Kier molecular flexibility index (Phi) is 3.34. The van der Waals surface area contributed by atoms with E-state index in [9.17, 15) is 19.8 Å². The average molecular weight is 289 g/mol. The summed E-state index contributed by atoms with van der Waals surface area (Å²) in [6, 6.07) is 9.30. The molecule has 1 aliphatic heterocycles. The molecule has 0 bridgehead atoms. The van der Waals surface area contributed by atoms with Crippen LogP contribution in [0.25, 0.3) is 0 Å². The third-order valence-electron chi connectivity index (χ3n) is 4.87. The maximum Gasteiger partial charge on any atom is 0.234 e. The molecule has 21 heavy (non-hydrogen) atoms. The highest BCUT2D eigenvalue weighted by Gasteiger charge is 2.65. The quantitative estimate of drug-likeness (QED) is 0.686. The van der Waals surface area contributed by atoms with Crippen LogP contribution in [0.3, 0.4) is 0 Å². The van der Waals surface area contributed by atoms with Crippen molar-refractivity contribution in [1.29, 1.82) is 0 Å². The number of carbonyl (C=O) groups is 2. The van der Waals surface area contributed by atoms with Crippen LogP contribution in [0.4, 0.5) is 0 Å². The summed E-state index contributed by atoms with van der Waals surface area (Å²) < 4.78 is 0. The van der Waals surface area contributed by atoms with E-state index in [1.165, 1.54) is 0 Å². The van der Waals surface area contributed by atoms with E-state index in [4.69, 9.17) is 0 Å². The van der Waals surface area contributed by atoms with Crippen LogP contribution in [-0.2, 0) is 9.59 Å². The zero-order valence-electron chi connectivity index (χ0n) is 11.7. The minimum atomic E-state index is -1.82. The molecule has 5 nitrogen and oxygen atoms in total. The number of carbonyl (C=O) groups excluding carboxylic acids is 2. The van der Waals surface area contributed by atoms with Crippen LogP contribution in [0.15, 0.2) is 30.3 Å². The molecule has 3 N–H and O–H groups in total. The molecule has 5 heteroatoms. The van der Waals surface area contributed by atoms with Crippen molar-refractivity contribution in [2.45, 2.75) is 30.8 Å². The van der Waals surface area contributed by atoms with E-state index in [1.807, 2.05) is 30.3 Å². The van der Waals surface area contributed by atoms with E-state index in [0.717, 1.165) is 5.56 Å². The Morgan fingerprint density at radius 3 is 2.57 bits per heavy atom. The predicted octanol–water partition coefficient (Wildman–Crippen LogP) is 0.363. The molecule has 2 fully saturated rings. The molecule has 1 saturated heterocycles. The lowest BCUT2D eigenvalue weighted by atomic mass is 9.68. The SMILES string of the molecule is O=C1NCCC[C@]12C(=O)[C@@](O)(CO)C[C@@H]2c1ccccc1. The smallest absolute Gasteiger partial charge is 0.234 e. The molecule has 3 atom stereocenters. The molecular formula is C16H19NO4. The molecule has 1 aromatic rings. The number of benzene rings is 1. The maximum absolute atomic E-state index is 12.8. The van der Waals surface area contributed by atoms with Crippen molar-refractivity contribution < 1.29 is 19.8 Å². The van der Waals surface area contributed by atoms with Crippen LogP contribution in [0, 0.1) is 5.41 Å². The molecule has 1 heterocycles. The fraction of sp³-hybridized carbons (Fsp3) is 0.500. The van der Waals surface area contributed by atoms with Crippen LogP contribution in [0.1, 0.15) is 30.7 Å². The largest absolute Gasteiger partial charge is 0.393 e. The van der Waals surface area contributed by atoms with Gasteiger partial charge in [0.15, 0.2) is 5.78 Å². The summed E-state index contributed by atoms with van der Waals surface area (Å²) >= 11 is 0. The second-order valence-corrected chi connectivity index (χ2v) is 6.02. The summed E-state index contributed by atoms with van der Waals surface area (Å²) in [5.41, 5.74) is -2.22. The number of rotatable bonds is 2. The van der Waals surface area contributed by atoms with Gasteiger partial charge in [-0.05, 0) is 24.8 Å². The van der Waals surface area contributed by atoms with E-state index < -0.39 is 29.3 Å². The standard InChI is InChI=1S/C16H19NO4/c18-10-15(21)9-12(11-5-2-1-3-6-11)16(13(15)19)7-4-8-17-14(16)20/h1-3,5-6,12,18,21H,4,7-10H2,(H,17,20)/t12-,15+,16+/m1/s1. The Bertz CT molecular complexity index is 573. The summed E-state index contributed by atoms with van der Waals surface area (Å²) in [7, 11) is 0. The van der Waals surface area contributed by atoms with Crippen molar-refractivity contribution in [3.05, 3.63) is 35.9 Å². The summed E-state index contributed by atoms with van der Waals surface area (Å²) in [5, 5.41) is 22.7. The van der Waals surface area contributed by atoms with Gasteiger partial charge in [-0.2, -0.15) is 0 Å². The fourth-order valence-corrected chi connectivity index (χ4v) is 3.79. The van der Waals surface area contributed by atoms with Crippen molar-refractivity contribution in [2.75, 3.05) is 13.2 Å². The van der Waals surface area contributed by atoms with Gasteiger partial charge in [-0.1, -0.05) is 30.3 Å². The zero-order chi connectivity index (χ0) is 15.1. The lowest BCUT2D eigenvalue weighted by Crippen LogP contribution is -2.54. The van der Waals surface area contributed by atoms with E-state index >= 15 is 0 Å². The molecule has 112 valence electrons. The first-order chi connectivity index (χ1) is 10.0. The van der Waals surface area contributed by atoms with Crippen LogP contribution in [0.2, 0.25) is 0 Å². The first-order valence-electron chi connectivity index (χ1n) is 7.26. The molecule has 1 aromatic carbocycles. The van der Waals surface area contributed by atoms with Gasteiger partial charge in [-0.25, -0.2) is 0 Å². The minimum absolute atomic E-state index is 0.0831. The number of nitrogens with one attached hydrogen (secondary N) is 1. The van der Waals surface area contributed by atoms with Gasteiger partial charge in [0, 0.05) is 12.5 Å². The zero-order valence-corrected chi connectivity index (χ0v) is 11.7. The predicted molar refractivity (Wildman–Crippen MR) is 75.5 cm³/mol. The number of piperidine rings is 1. The molecule has 1 spiro atoms. The van der Waals surface area contributed by atoms with Crippen molar-refractivity contribution in [3.8, 4) is 0 Å². The van der Waals surface area contributed by atoms with E-state index in [-0.39, 0.29) is 12.3 Å². The van der Waals surface area contributed by atoms with Gasteiger partial charge in [0.2, 0.25) is 5.91 Å². The van der Waals surface area contributed by atoms with Gasteiger partial charge in [0.05, 0.1) is 6.61 Å². The highest BCUT2D eigenvalue weighted by Crippen LogP contribution is 2.54. The highest BCUT2D eigenvalue weighted by atomic mass is 16.3. The Morgan fingerprint density at radius 2 is 1.95 bits per heavy atom. The Hall–Kier alpha value is -1.72. The summed E-state index contributed by atoms with van der Waals surface area (Å²) in [6.07, 6.45) is 1.20. The normalized spacial score (nSPS) is 36.0. The highest BCUT2D eigenvalue weighted by molar-refractivity contribution is 6.13. The van der Waals surface area contributed by atoms with Crippen LogP contribution >= 0.6 is 0 Å². The van der Waals surface area contributed by atoms with Crippen LogP contribution in [-0.4, -0.2) is 40.7 Å². The minimum Gasteiger partial charge on any atom is -0.393 e. The van der Waals surface area contributed by atoms with Crippen LogP contribution < -0.4 is 5.32 Å². The van der Waals surface area contributed by atoms with E-state index in [2.05, 4.69) is 5.32 Å². The summed E-state index contributed by atoms with van der Waals surface area (Å²) in [5.74, 6) is -1.26. The third kappa shape index (κ3) is 1.92. The van der Waals surface area contributed by atoms with Crippen LogP contribution in [0.5, 0.6) is 0 Å². The van der Waals surface area contributed by atoms with Gasteiger partial charge in [-0.15, -0.1) is 0 Å². The fourth-order valence-electron chi connectivity index (χ4n) is 3.79. The molecular weight excluding hydrogens is 270 g/mol. The monoisotopic (exact) mass is 289 g/mol. The molecule has 1 amide bonds. The number of ketones is 1. The molecule has 0 aromatic heterocycles. The van der Waals surface area contributed by atoms with Gasteiger partial charge in [0.25, 0.3) is 0 Å². The Labute approximate surface area is 123 Å². The second kappa shape index (κ2) is 4.93. The van der Waals surface area contributed by atoms with Crippen molar-refractivity contribution in [3.63, 3.8) is 0 Å². The molecule has 1 saturated carbocycles. The lowest BCUT2D eigenvalue weighted by molar-refractivity contribution is -0.152. The second-order valence-electron chi connectivity index (χ2n) is 6.02. The van der Waals surface area contributed by atoms with Crippen molar-refractivity contribution >= 4 is 11.7 Å². The van der Waals surface area contributed by atoms with Gasteiger partial charge in [-0.3, -0.25) is 9.59 Å². The van der Waals surface area contributed by atoms with Gasteiger partial charge >= 0.3 is 0 Å². The molecule has 2 aliphatic rings. The average Bonchev–Trinajstić information content (AvgIpc) is 2.75. The number of aliphatic hydroxyl groups excluding tert-OH is 1. The maximum atomic E-state index is 12.8. The van der Waals surface area contributed by atoms with Crippen molar-refractivity contribution in [1.82, 2.24) is 5.32 Å². The first-order valence-corrected chi connectivity index (χ1v) is 7.26. The van der Waals surface area contributed by atoms with Gasteiger partial charge in [0.1, 0.15) is 11.0 Å². The van der Waals surface area contributed by atoms with E-state index in [1.54, 1.807) is 0 Å². The number of aliphatic hydroxyl groups is 2.